The van der Waals surface area contributed by atoms with E-state index in [0.29, 0.717) is 5.25 Å². The molecule has 0 amide bonds. The van der Waals surface area contributed by atoms with E-state index in [2.05, 4.69) is 41.4 Å². The zero-order valence-corrected chi connectivity index (χ0v) is 11.3. The summed E-state index contributed by atoms with van der Waals surface area (Å²) in [6.45, 7) is 0. The first kappa shape index (κ1) is 11.3. The van der Waals surface area contributed by atoms with E-state index in [-0.39, 0.29) is 0 Å². The van der Waals surface area contributed by atoms with Crippen LogP contribution in [-0.2, 0) is 0 Å². The van der Waals surface area contributed by atoms with Crippen molar-refractivity contribution < 1.29 is 0 Å². The van der Waals surface area contributed by atoms with Gasteiger partial charge >= 0.3 is 0 Å². The minimum atomic E-state index is 0.645. The number of hydrogen-bond donors (Lipinski definition) is 0. The Morgan fingerprint density at radius 3 is 2.76 bits per heavy atom. The van der Waals surface area contributed by atoms with Crippen LogP contribution in [0.4, 0.5) is 0 Å². The molecule has 0 radical (unpaired) electrons. The maximum absolute atomic E-state index is 4.80. The fourth-order valence-corrected chi connectivity index (χ4v) is 4.51. The van der Waals surface area contributed by atoms with Crippen LogP contribution in [0.5, 0.6) is 0 Å². The highest BCUT2D eigenvalue weighted by Gasteiger charge is 2.19. The van der Waals surface area contributed by atoms with Gasteiger partial charge < -0.3 is 0 Å². The Labute approximate surface area is 110 Å². The maximum atomic E-state index is 4.80. The van der Waals surface area contributed by atoms with Crippen molar-refractivity contribution in [3.05, 3.63) is 40.7 Å². The van der Waals surface area contributed by atoms with Gasteiger partial charge in [-0.1, -0.05) is 36.8 Å². The molecule has 0 N–H and O–H groups in total. The monoisotopic (exact) mass is 261 g/mol. The molecule has 0 aliphatic carbocycles. The van der Waals surface area contributed by atoms with E-state index in [9.17, 15) is 0 Å². The van der Waals surface area contributed by atoms with Crippen LogP contribution in [0.1, 0.15) is 29.5 Å². The largest absolute Gasteiger partial charge is 0.240 e. The van der Waals surface area contributed by atoms with Crippen LogP contribution in [-0.4, -0.2) is 10.7 Å². The Morgan fingerprint density at radius 1 is 1.12 bits per heavy atom. The Hall–Kier alpha value is -0.800. The lowest BCUT2D eigenvalue weighted by Gasteiger charge is -2.18. The molecule has 1 aromatic carbocycles. The number of rotatable bonds is 2. The van der Waals surface area contributed by atoms with Crippen LogP contribution < -0.4 is 0 Å². The molecule has 1 nitrogen and oxygen atoms in total. The molecule has 1 saturated heterocycles. The van der Waals surface area contributed by atoms with E-state index >= 15 is 0 Å². The molecule has 0 spiro atoms. The van der Waals surface area contributed by atoms with Crippen molar-refractivity contribution in [3.63, 3.8) is 0 Å². The summed E-state index contributed by atoms with van der Waals surface area (Å²) >= 11 is 3.89. The quantitative estimate of drug-likeness (QED) is 0.772. The van der Waals surface area contributed by atoms with E-state index < -0.39 is 0 Å². The van der Waals surface area contributed by atoms with Gasteiger partial charge in [-0.25, -0.2) is 4.98 Å². The van der Waals surface area contributed by atoms with Crippen molar-refractivity contribution in [1.82, 2.24) is 4.98 Å². The summed E-state index contributed by atoms with van der Waals surface area (Å²) in [5.74, 6) is 1.30. The number of nitrogens with zero attached hydrogens (tertiary/aromatic N) is 1. The minimum Gasteiger partial charge on any atom is -0.240 e. The summed E-state index contributed by atoms with van der Waals surface area (Å²) < 4.78 is 0. The molecule has 88 valence electrons. The van der Waals surface area contributed by atoms with Gasteiger partial charge in [0.05, 0.1) is 10.9 Å². The fourth-order valence-electron chi connectivity index (χ4n) is 2.11. The third kappa shape index (κ3) is 2.55. The van der Waals surface area contributed by atoms with Gasteiger partial charge in [-0.15, -0.1) is 11.3 Å². The molecule has 3 heteroatoms. The number of hydrogen-bond acceptors (Lipinski definition) is 3. The smallest absolute Gasteiger partial charge is 0.106 e. The molecule has 0 saturated carbocycles. The first-order valence-electron chi connectivity index (χ1n) is 6.06. The summed E-state index contributed by atoms with van der Waals surface area (Å²) in [6.07, 6.45) is 4.03. The molecule has 1 aliphatic heterocycles. The van der Waals surface area contributed by atoms with Crippen molar-refractivity contribution in [2.24, 2.45) is 0 Å². The summed E-state index contributed by atoms with van der Waals surface area (Å²) in [7, 11) is 0. The first-order valence-corrected chi connectivity index (χ1v) is 7.99. The van der Waals surface area contributed by atoms with Crippen molar-refractivity contribution in [2.45, 2.75) is 24.5 Å². The molecule has 1 atom stereocenters. The zero-order chi connectivity index (χ0) is 11.5. The second-order valence-electron chi connectivity index (χ2n) is 4.29. The van der Waals surface area contributed by atoms with Gasteiger partial charge in [0.2, 0.25) is 0 Å². The Bertz CT molecular complexity index is 472. The minimum absolute atomic E-state index is 0.645. The molecule has 3 rings (SSSR count). The van der Waals surface area contributed by atoms with Crippen molar-refractivity contribution in [3.8, 4) is 11.3 Å². The fraction of sp³-hybridized carbons (Fsp3) is 0.357. The molecular formula is C14H15NS2. The molecule has 2 heterocycles. The zero-order valence-electron chi connectivity index (χ0n) is 9.63. The molecule has 1 aliphatic rings. The highest BCUT2D eigenvalue weighted by atomic mass is 32.2. The molecule has 2 aromatic rings. The lowest BCUT2D eigenvalue weighted by molar-refractivity contribution is 0.684. The summed E-state index contributed by atoms with van der Waals surface area (Å²) in [6, 6.07) is 10.5. The maximum Gasteiger partial charge on any atom is 0.106 e. The van der Waals surface area contributed by atoms with Gasteiger partial charge in [0.25, 0.3) is 0 Å². The molecule has 1 unspecified atom stereocenters. The molecule has 1 aromatic heterocycles. The lowest BCUT2D eigenvalue weighted by Crippen LogP contribution is -2.01. The average Bonchev–Trinajstić information content (AvgIpc) is 2.90. The highest BCUT2D eigenvalue weighted by molar-refractivity contribution is 7.99. The van der Waals surface area contributed by atoms with Crippen molar-refractivity contribution in [1.29, 1.82) is 0 Å². The van der Waals surface area contributed by atoms with Gasteiger partial charge in [0, 0.05) is 10.9 Å². The van der Waals surface area contributed by atoms with Crippen molar-refractivity contribution >= 4 is 23.1 Å². The molecule has 0 bridgehead atoms. The van der Waals surface area contributed by atoms with Crippen LogP contribution in [0.3, 0.4) is 0 Å². The van der Waals surface area contributed by atoms with Gasteiger partial charge in [0.1, 0.15) is 5.01 Å². The Morgan fingerprint density at radius 2 is 2.00 bits per heavy atom. The predicted octanol–water partition coefficient (Wildman–Crippen LogP) is 4.77. The summed E-state index contributed by atoms with van der Waals surface area (Å²) in [5, 5.41) is 4.15. The standard InChI is InChI=1S/C14H15NS2/c1-2-6-11(7-3-1)12-10-17-14(15-12)13-8-4-5-9-16-13/h1-3,6-7,10,13H,4-5,8-9H2. The molecule has 17 heavy (non-hydrogen) atoms. The molecular weight excluding hydrogens is 246 g/mol. The van der Waals surface area contributed by atoms with Gasteiger partial charge in [-0.05, 0) is 18.6 Å². The van der Waals surface area contributed by atoms with Gasteiger partial charge in [-0.3, -0.25) is 0 Å². The normalized spacial score (nSPS) is 20.4. The van der Waals surface area contributed by atoms with E-state index in [1.807, 2.05) is 17.4 Å². The third-order valence-electron chi connectivity index (χ3n) is 3.05. The van der Waals surface area contributed by atoms with Gasteiger partial charge in [0.15, 0.2) is 0 Å². The number of thioether (sulfide) groups is 1. The van der Waals surface area contributed by atoms with Gasteiger partial charge in [-0.2, -0.15) is 11.8 Å². The van der Waals surface area contributed by atoms with E-state index in [4.69, 9.17) is 4.98 Å². The summed E-state index contributed by atoms with van der Waals surface area (Å²) in [4.78, 5) is 4.80. The SMILES string of the molecule is c1ccc(-c2csc(C3CCCCS3)n2)cc1. The van der Waals surface area contributed by atoms with Crippen LogP contribution in [0, 0.1) is 0 Å². The van der Waals surface area contributed by atoms with Crippen molar-refractivity contribution in [2.75, 3.05) is 5.75 Å². The molecule has 1 fully saturated rings. The number of aromatic nitrogens is 1. The first-order chi connectivity index (χ1) is 8.43. The van der Waals surface area contributed by atoms with Crippen LogP contribution in [0.25, 0.3) is 11.3 Å². The Kier molecular flexibility index (Phi) is 3.48. The highest BCUT2D eigenvalue weighted by Crippen LogP contribution is 2.40. The number of benzene rings is 1. The van der Waals surface area contributed by atoms with Crippen LogP contribution in [0.15, 0.2) is 35.7 Å². The average molecular weight is 261 g/mol. The van der Waals surface area contributed by atoms with E-state index in [0.717, 1.165) is 5.69 Å². The topological polar surface area (TPSA) is 12.9 Å². The third-order valence-corrected chi connectivity index (χ3v) is 5.54. The predicted molar refractivity (Wildman–Crippen MR) is 76.6 cm³/mol. The van der Waals surface area contributed by atoms with E-state index in [1.165, 1.54) is 35.6 Å². The lowest BCUT2D eigenvalue weighted by atomic mass is 10.2. The number of thiazole rings is 1. The Balaban J connectivity index is 1.83. The summed E-state index contributed by atoms with van der Waals surface area (Å²) in [5.41, 5.74) is 2.37. The van der Waals surface area contributed by atoms with E-state index in [1.54, 1.807) is 0 Å². The second-order valence-corrected chi connectivity index (χ2v) is 6.49. The second kappa shape index (κ2) is 5.23. The van der Waals surface area contributed by atoms with Crippen LogP contribution >= 0.6 is 23.1 Å². The van der Waals surface area contributed by atoms with Crippen LogP contribution in [0.2, 0.25) is 0 Å².